The minimum absolute atomic E-state index is 0.0488. The summed E-state index contributed by atoms with van der Waals surface area (Å²) in [6.45, 7) is 3.56. The number of aryl methyl sites for hydroxylation is 1. The number of rotatable bonds is 8. The molecule has 0 aliphatic rings. The molecule has 2 aromatic carbocycles. The summed E-state index contributed by atoms with van der Waals surface area (Å²) in [6, 6.07) is 13.0. The van der Waals surface area contributed by atoms with E-state index in [1.807, 2.05) is 0 Å². The van der Waals surface area contributed by atoms with Crippen molar-refractivity contribution in [2.45, 2.75) is 30.7 Å². The molecule has 0 fully saturated rings. The molecule has 1 heterocycles. The highest BCUT2D eigenvalue weighted by Gasteiger charge is 2.38. The van der Waals surface area contributed by atoms with Crippen molar-refractivity contribution in [1.29, 1.82) is 0 Å². The lowest BCUT2D eigenvalue weighted by molar-refractivity contribution is -0.153. The molecule has 0 bridgehead atoms. The first-order valence-corrected chi connectivity index (χ1v) is 11.0. The number of hydrogen-bond acceptors (Lipinski definition) is 5. The molecular weight excluding hydrogens is 465 g/mol. The van der Waals surface area contributed by atoms with Crippen molar-refractivity contribution in [2.24, 2.45) is 0 Å². The first kappa shape index (κ1) is 24.1. The van der Waals surface area contributed by atoms with Gasteiger partial charge in [-0.1, -0.05) is 11.6 Å². The van der Waals surface area contributed by atoms with Gasteiger partial charge in [0.2, 0.25) is 5.76 Å². The molecule has 3 rings (SSSR count). The van der Waals surface area contributed by atoms with E-state index in [-0.39, 0.29) is 30.3 Å². The Labute approximate surface area is 192 Å². The van der Waals surface area contributed by atoms with E-state index < -0.39 is 17.9 Å². The van der Waals surface area contributed by atoms with Gasteiger partial charge in [-0.25, -0.2) is 4.79 Å². The number of furan rings is 1. The summed E-state index contributed by atoms with van der Waals surface area (Å²) in [4.78, 5) is 12.2. The fourth-order valence-electron chi connectivity index (χ4n) is 2.91. The fourth-order valence-corrected chi connectivity index (χ4v) is 3.99. The van der Waals surface area contributed by atoms with Gasteiger partial charge in [0.15, 0.2) is 6.61 Å². The van der Waals surface area contributed by atoms with Crippen LogP contribution in [0.4, 0.5) is 13.2 Å². The highest BCUT2D eigenvalue weighted by molar-refractivity contribution is 7.98. The normalized spacial score (nSPS) is 11.4. The first-order valence-electron chi connectivity index (χ1n) is 9.65. The fraction of sp³-hybridized carbons (Fsp3) is 0.261. The van der Waals surface area contributed by atoms with Gasteiger partial charge in [-0.3, -0.25) is 0 Å². The number of halogens is 4. The number of esters is 1. The van der Waals surface area contributed by atoms with Crippen LogP contribution in [0.25, 0.3) is 11.3 Å². The summed E-state index contributed by atoms with van der Waals surface area (Å²) >= 11 is 7.09. The number of thioether (sulfide) groups is 1. The monoisotopic (exact) mass is 484 g/mol. The Bertz CT molecular complexity index is 1080. The van der Waals surface area contributed by atoms with E-state index in [0.717, 1.165) is 10.5 Å². The number of ether oxygens (including phenoxy) is 2. The van der Waals surface area contributed by atoms with Crippen molar-refractivity contribution in [3.05, 3.63) is 70.4 Å². The zero-order chi connectivity index (χ0) is 23.3. The third kappa shape index (κ3) is 6.23. The summed E-state index contributed by atoms with van der Waals surface area (Å²) < 4.78 is 56.0. The summed E-state index contributed by atoms with van der Waals surface area (Å²) in [6.07, 6.45) is -4.61. The van der Waals surface area contributed by atoms with Gasteiger partial charge >= 0.3 is 12.1 Å². The van der Waals surface area contributed by atoms with E-state index in [4.69, 9.17) is 25.5 Å². The molecule has 170 valence electrons. The quantitative estimate of drug-likeness (QED) is 0.251. The molecule has 0 saturated heterocycles. The zero-order valence-electron chi connectivity index (χ0n) is 17.3. The second-order valence-corrected chi connectivity index (χ2v) is 8.26. The van der Waals surface area contributed by atoms with Gasteiger partial charge < -0.3 is 13.9 Å². The molecule has 0 aliphatic carbocycles. The molecular formula is C23H20ClF3O4S. The van der Waals surface area contributed by atoms with Crippen LogP contribution in [0.2, 0.25) is 5.02 Å². The SMILES string of the molecule is CCOC(=O)COc1ccc(SCc2cc(-c3ccc(Cl)cc3)oc2C(F)(F)F)cc1C. The molecule has 0 radical (unpaired) electrons. The third-order valence-corrected chi connectivity index (χ3v) is 5.68. The maximum Gasteiger partial charge on any atom is 0.449 e. The highest BCUT2D eigenvalue weighted by atomic mass is 35.5. The molecule has 0 saturated carbocycles. The average Bonchev–Trinajstić information content (AvgIpc) is 3.17. The summed E-state index contributed by atoms with van der Waals surface area (Å²) in [7, 11) is 0. The third-order valence-electron chi connectivity index (χ3n) is 4.39. The average molecular weight is 485 g/mol. The number of carbonyl (C=O) groups excluding carboxylic acids is 1. The number of benzene rings is 2. The summed E-state index contributed by atoms with van der Waals surface area (Å²) in [5.74, 6) is -0.785. The van der Waals surface area contributed by atoms with E-state index in [2.05, 4.69) is 0 Å². The lowest BCUT2D eigenvalue weighted by Crippen LogP contribution is -2.14. The van der Waals surface area contributed by atoms with E-state index >= 15 is 0 Å². The van der Waals surface area contributed by atoms with E-state index in [1.165, 1.54) is 17.8 Å². The van der Waals surface area contributed by atoms with Gasteiger partial charge in [0.1, 0.15) is 11.5 Å². The maximum absolute atomic E-state index is 13.5. The highest BCUT2D eigenvalue weighted by Crippen LogP contribution is 2.40. The minimum atomic E-state index is -4.61. The van der Waals surface area contributed by atoms with Crippen LogP contribution in [0, 0.1) is 6.92 Å². The van der Waals surface area contributed by atoms with Crippen LogP contribution in [0.3, 0.4) is 0 Å². The number of hydrogen-bond donors (Lipinski definition) is 0. The lowest BCUT2D eigenvalue weighted by Gasteiger charge is -2.10. The Hall–Kier alpha value is -2.58. The van der Waals surface area contributed by atoms with Gasteiger partial charge in [0, 0.05) is 26.8 Å². The van der Waals surface area contributed by atoms with Crippen LogP contribution < -0.4 is 4.74 Å². The smallest absolute Gasteiger partial charge is 0.449 e. The van der Waals surface area contributed by atoms with Gasteiger partial charge in [0.25, 0.3) is 0 Å². The topological polar surface area (TPSA) is 48.7 Å². The molecule has 9 heteroatoms. The number of carbonyl (C=O) groups is 1. The van der Waals surface area contributed by atoms with E-state index in [0.29, 0.717) is 16.3 Å². The van der Waals surface area contributed by atoms with Crippen LogP contribution in [-0.2, 0) is 21.5 Å². The Balaban J connectivity index is 1.74. The van der Waals surface area contributed by atoms with Crippen LogP contribution in [0.5, 0.6) is 5.75 Å². The predicted octanol–water partition coefficient (Wildman–Crippen LogP) is 7.16. The minimum Gasteiger partial charge on any atom is -0.482 e. The molecule has 0 aliphatic heterocycles. The first-order chi connectivity index (χ1) is 15.2. The van der Waals surface area contributed by atoms with Gasteiger partial charge in [-0.05, 0) is 67.9 Å². The van der Waals surface area contributed by atoms with Crippen molar-refractivity contribution in [3.8, 4) is 17.1 Å². The van der Waals surface area contributed by atoms with Crippen molar-refractivity contribution in [1.82, 2.24) is 0 Å². The molecule has 4 nitrogen and oxygen atoms in total. The molecule has 0 amide bonds. The lowest BCUT2D eigenvalue weighted by atomic mass is 10.1. The van der Waals surface area contributed by atoms with Crippen LogP contribution in [-0.4, -0.2) is 19.2 Å². The van der Waals surface area contributed by atoms with Gasteiger partial charge in [-0.2, -0.15) is 13.2 Å². The van der Waals surface area contributed by atoms with Crippen molar-refractivity contribution >= 4 is 29.3 Å². The van der Waals surface area contributed by atoms with Crippen LogP contribution >= 0.6 is 23.4 Å². The summed E-state index contributed by atoms with van der Waals surface area (Å²) in [5, 5.41) is 0.484. The van der Waals surface area contributed by atoms with Crippen molar-refractivity contribution in [3.63, 3.8) is 0 Å². The Morgan fingerprint density at radius 2 is 1.84 bits per heavy atom. The molecule has 3 aromatic rings. The van der Waals surface area contributed by atoms with Gasteiger partial charge in [-0.15, -0.1) is 11.8 Å². The molecule has 0 atom stereocenters. The largest absolute Gasteiger partial charge is 0.482 e. The Morgan fingerprint density at radius 1 is 1.12 bits per heavy atom. The van der Waals surface area contributed by atoms with E-state index in [9.17, 15) is 18.0 Å². The van der Waals surface area contributed by atoms with Crippen LogP contribution in [0.1, 0.15) is 23.8 Å². The molecule has 32 heavy (non-hydrogen) atoms. The molecule has 0 spiro atoms. The zero-order valence-corrected chi connectivity index (χ0v) is 18.9. The Kier molecular flexibility index (Phi) is 7.79. The Morgan fingerprint density at radius 3 is 2.47 bits per heavy atom. The van der Waals surface area contributed by atoms with Crippen molar-refractivity contribution in [2.75, 3.05) is 13.2 Å². The van der Waals surface area contributed by atoms with Crippen molar-refractivity contribution < 1.29 is 31.9 Å². The molecule has 1 aromatic heterocycles. The predicted molar refractivity (Wildman–Crippen MR) is 117 cm³/mol. The van der Waals surface area contributed by atoms with Gasteiger partial charge in [0.05, 0.1) is 6.61 Å². The molecule has 0 unspecified atom stereocenters. The standard InChI is InChI=1S/C23H20ClF3O4S/c1-3-29-21(28)12-30-19-9-8-18(10-14(19)2)32-13-16-11-20(31-22(16)23(25,26)27)15-4-6-17(24)7-5-15/h4-11H,3,12-13H2,1-2H3. The second kappa shape index (κ2) is 10.4. The summed E-state index contributed by atoms with van der Waals surface area (Å²) in [5.41, 5.74) is 1.31. The maximum atomic E-state index is 13.5. The molecule has 0 N–H and O–H groups in total. The number of alkyl halides is 3. The van der Waals surface area contributed by atoms with E-state index in [1.54, 1.807) is 56.3 Å². The van der Waals surface area contributed by atoms with Crippen LogP contribution in [0.15, 0.2) is 57.8 Å². The second-order valence-electron chi connectivity index (χ2n) is 6.78.